The molecule has 2 N–H and O–H groups in total. The zero-order valence-electron chi connectivity index (χ0n) is 79.2. The molecule has 0 saturated carbocycles. The molecule has 4 fully saturated rings. The Hall–Kier alpha value is 7.42. The topological polar surface area (TPSA) is 1090 Å². The van der Waals surface area contributed by atoms with Crippen LogP contribution in [0.25, 0.3) is 11.0 Å². The third-order valence-electron chi connectivity index (χ3n) is 17.7. The fraction of sp³-hybridized carbons (Fsp3) is 0.820. The molecule has 4 aliphatic rings. The maximum atomic E-state index is 12.9. The molecule has 2 aromatic heterocycles. The monoisotopic (exact) mass is 2520 g/mol. The zero-order valence-corrected chi connectivity index (χ0v) is 116. The van der Waals surface area contributed by atoms with Crippen molar-refractivity contribution < 1.29 is 659 Å². The number of amides is 1. The summed E-state index contributed by atoms with van der Waals surface area (Å²) < 4.78 is 584. The number of fused-ring (bicyclic) bond motifs is 1. The van der Waals surface area contributed by atoms with Gasteiger partial charge >= 0.3 is 390 Å². The van der Waals surface area contributed by atoms with Gasteiger partial charge < -0.3 is 108 Å². The summed E-state index contributed by atoms with van der Waals surface area (Å²) in [5.74, 6) is -0.364. The third kappa shape index (κ3) is 65.4. The van der Waals surface area contributed by atoms with E-state index in [4.69, 9.17) is 37.9 Å². The number of nitrogens with zero attached hydrogens (tertiary/aromatic N) is 6. The van der Waals surface area contributed by atoms with Crippen LogP contribution in [-0.2, 0) is 245 Å². The predicted molar refractivity (Wildman–Crippen MR) is 388 cm³/mol. The molecule has 0 radical (unpaired) electrons. The molecule has 20 atom stereocenters. The van der Waals surface area contributed by atoms with Gasteiger partial charge in [-0.2, -0.15) is 0 Å². The summed E-state index contributed by atoms with van der Waals surface area (Å²) in [6.45, 7) is -9.73. The van der Waals surface area contributed by atoms with Crippen LogP contribution in [0.2, 0.25) is 0 Å². The van der Waals surface area contributed by atoms with E-state index in [0.717, 1.165) is 38.5 Å². The number of carbonyl (C=O) groups is 1. The first kappa shape index (κ1) is 168. The van der Waals surface area contributed by atoms with Crippen molar-refractivity contribution in [2.45, 2.75) is 219 Å². The molecule has 0 unspecified atom stereocenters. The van der Waals surface area contributed by atoms with E-state index in [-0.39, 0.29) is 452 Å². The number of ether oxygens (including phenoxy) is 8. The minimum atomic E-state index is -7.15. The summed E-state index contributed by atoms with van der Waals surface area (Å²) in [4.78, 5) is 23.3. The molecular formula is C50H67N8Na13O64S13. The van der Waals surface area contributed by atoms with Gasteiger partial charge in [-0.25, -0.2) is 114 Å². The van der Waals surface area contributed by atoms with Crippen molar-refractivity contribution in [3.8, 4) is 0 Å². The van der Waals surface area contributed by atoms with Crippen LogP contribution in [0.15, 0.2) is 23.0 Å². The second kappa shape index (κ2) is 74.1. The minimum absolute atomic E-state index is 0. The van der Waals surface area contributed by atoms with Gasteiger partial charge in [-0.15, -0.1) is 5.10 Å². The number of carbonyl (C=O) groups excluding carboxylic acids is 1. The molecule has 4 saturated heterocycles. The number of nitro benzene ring substituents is 1. The molecule has 7 rings (SSSR count). The van der Waals surface area contributed by atoms with Crippen molar-refractivity contribution >= 4 is 164 Å². The van der Waals surface area contributed by atoms with E-state index in [2.05, 4.69) is 90.3 Å². The van der Waals surface area contributed by atoms with Gasteiger partial charge in [0.05, 0.1) is 49.8 Å². The molecule has 0 spiro atoms. The fourth-order valence-electron chi connectivity index (χ4n) is 12.8. The van der Waals surface area contributed by atoms with Crippen LogP contribution in [-0.4, -0.2) is 367 Å². The summed E-state index contributed by atoms with van der Waals surface area (Å²) in [7, 11) is -88.2. The maximum Gasteiger partial charge on any atom is 1.00 e. The van der Waals surface area contributed by atoms with Crippen LogP contribution in [0.1, 0.15) is 89.2 Å². The van der Waals surface area contributed by atoms with Crippen LogP contribution in [0.3, 0.4) is 0 Å². The average Bonchev–Trinajstić information content (AvgIpc) is 1.22. The normalized spacial score (nSPS) is 24.7. The van der Waals surface area contributed by atoms with Crippen molar-refractivity contribution in [3.05, 3.63) is 34.1 Å². The minimum Gasteiger partial charge on any atom is -0.726 e. The van der Waals surface area contributed by atoms with Gasteiger partial charge in [0.1, 0.15) is 78.9 Å². The Morgan fingerprint density at radius 1 is 0.345 bits per heavy atom. The van der Waals surface area contributed by atoms with Crippen molar-refractivity contribution in [2.75, 3.05) is 44.9 Å². The summed E-state index contributed by atoms with van der Waals surface area (Å²) in [5, 5.41) is 32.6. The van der Waals surface area contributed by atoms with Crippen molar-refractivity contribution in [1.29, 1.82) is 0 Å². The summed E-state index contributed by atoms with van der Waals surface area (Å²) >= 11 is 0. The second-order valence-electron chi connectivity index (χ2n) is 27.4. The Morgan fingerprint density at radius 2 is 0.628 bits per heavy atom. The van der Waals surface area contributed by atoms with E-state index in [1.54, 1.807) is 10.9 Å². The van der Waals surface area contributed by atoms with E-state index in [1.807, 2.05) is 0 Å². The number of aromatic nitrogens is 5. The standard InChI is InChI=1S/C50H80N8O64S13.13Na/c59-32(13-9-5-3-1-2-4-7-11-17-57-20-25(53-56-57)19-52-26-14-15-27(58(60)61)34-33(26)54-122-55-34)51-16-10-6-8-12-18-101-47-43(118-132(89,90)91)39(114-128(77,78)79)35(28(106-47)21-102-123(62,63)64)110-48-44(119-133(92,93)94)40(115-129(80,81)82)36(29(107-48)22-103-124(65,66)67)111-49-45(120-134(95,96)97)41(116-130(83,84)85)37(30(108-49)23-104-125(68,69)70)112-50-46(121-135(98,99)100)42(117-131(86,87)88)38(113-127(74,75)76)31(109-50)24-105-126(71,72)73;;;;;;;;;;;;;/h14-15,20,28-31,35-50,52H,1-13,16-19,21-24H2,(H,51,59)(H,62,63,64)(H,65,66,67)(H,68,69,70)(H,71,72,73)(H,74,75,76)(H,77,78,79)(H,80,81,82)(H,83,84,85)(H,86,87,88)(H,89,90,91)(H,92,93,94)(H,95,96,97)(H,98,99,100);;;;;;;;;;;;;/q;13*+1/p-13/t28-,29-,30-,31-,35-,36-,37-,38-,39+,40+,41+,42+,43-,44-,45-,46-,47-,48-,49-,50-;;;;;;;;;;;;;/m1............./s1. The largest absolute Gasteiger partial charge is 1.00 e. The predicted octanol–water partition coefficient (Wildman–Crippen LogP) is -49.8. The smallest absolute Gasteiger partial charge is 0.726 e. The van der Waals surface area contributed by atoms with Crippen molar-refractivity contribution in [3.63, 3.8) is 0 Å². The molecule has 1 aromatic carbocycles. The van der Waals surface area contributed by atoms with Gasteiger partial charge in [0.15, 0.2) is 55.1 Å². The quantitative estimate of drug-likeness (QED) is 0.0132. The number of hydrogen-bond acceptors (Lipinski definition) is 69. The molecule has 1 amide bonds. The van der Waals surface area contributed by atoms with Crippen LogP contribution in [0.4, 0.5) is 11.4 Å². The maximum absolute atomic E-state index is 12.9. The number of nitro groups is 1. The Bertz CT molecular complexity index is 6180. The van der Waals surface area contributed by atoms with Crippen LogP contribution in [0.5, 0.6) is 0 Å². The molecule has 0 aliphatic carbocycles. The zero-order chi connectivity index (χ0) is 101. The Morgan fingerprint density at radius 3 is 0.966 bits per heavy atom. The van der Waals surface area contributed by atoms with E-state index in [1.165, 1.54) is 12.1 Å². The Kier molecular flexibility index (Phi) is 84.3. The van der Waals surface area contributed by atoms with E-state index in [9.17, 15) is 184 Å². The Labute approximate surface area is 1130 Å². The molecule has 72 nitrogen and oxygen atoms in total. The Balaban J connectivity index is -0.00000306. The van der Waals surface area contributed by atoms with Crippen molar-refractivity contribution in [2.24, 2.45) is 0 Å². The first-order chi connectivity index (χ1) is 61.7. The molecule has 782 valence electrons. The summed E-state index contributed by atoms with van der Waals surface area (Å²) in [6.07, 6.45) is -66.9. The summed E-state index contributed by atoms with van der Waals surface area (Å²) in [5.41, 5.74) is 0.819. The number of anilines is 1. The van der Waals surface area contributed by atoms with Crippen LogP contribution in [0, 0.1) is 10.1 Å². The average molecular weight is 2520 g/mol. The second-order valence-corrected chi connectivity index (χ2v) is 40.6. The van der Waals surface area contributed by atoms with E-state index >= 15 is 0 Å². The van der Waals surface area contributed by atoms with Gasteiger partial charge in [0, 0.05) is 32.2 Å². The van der Waals surface area contributed by atoms with Crippen molar-refractivity contribution in [1.82, 2.24) is 30.6 Å². The molecule has 148 heavy (non-hydrogen) atoms. The first-order valence-corrected chi connectivity index (χ1v) is 53.7. The number of unbranched alkanes of at least 4 members (excludes halogenated alkanes) is 10. The SMILES string of the molecule is O=C(CCCCCCCCCCn1cc(CNc2ccc([N+](=O)[O-])c3nonc23)nn1)NCCCCCCO[C@@H]1O[C@H](COS(=O)(=O)[O-])[C@@H](O[C@H]2O[C@H](COS(=O)(=O)[O-])[C@@H](O[C@H]3O[C@H](COS(=O)(=O)[O-])[C@@H](O[C@H]4O[C@H](COS(=O)(=O)[O-])[C@@H](OS(=O)(=O)[O-])[C@H](OS(=O)(=O)[O-])[C@H]4OS(=O)(=O)[O-])[C@H](OS(=O)(=O)[O-])[C@H]3OS(=O)(=O)[O-])[C@H](OS(=O)(=O)[O-])[C@H]2OS(=O)(=O)[O-])[C@H](OS(=O)(=O)[O-])[C@H]1OS(=O)(=O)[O-].[Na+].[Na+].[Na+].[Na+].[Na+].[Na+].[Na+].[Na+].[Na+].[Na+].[Na+].[Na+].[Na+]. The van der Waals surface area contributed by atoms with Gasteiger partial charge in [-0.1, -0.05) is 56.6 Å². The van der Waals surface area contributed by atoms with E-state index in [0.29, 0.717) is 30.8 Å². The number of nitrogens with one attached hydrogen (secondary N) is 2. The van der Waals surface area contributed by atoms with Gasteiger partial charge in [-0.05, 0) is 42.1 Å². The number of benzene rings is 1. The molecule has 4 aliphatic heterocycles. The fourth-order valence-corrected chi connectivity index (χ4v) is 18.4. The van der Waals surface area contributed by atoms with Gasteiger partial charge in [-0.3, -0.25) is 74.0 Å². The summed E-state index contributed by atoms with van der Waals surface area (Å²) in [6, 6.07) is 2.71. The van der Waals surface area contributed by atoms with E-state index < -0.39 is 296 Å². The van der Waals surface area contributed by atoms with Gasteiger partial charge in [0.25, 0.3) is 0 Å². The molecular weight excluding hydrogens is 2450 g/mol. The number of aryl methyl sites for hydroxylation is 1. The third-order valence-corrected chi connectivity index (χ3v) is 23.5. The number of non-ortho nitro benzene ring substituents is 1. The van der Waals surface area contributed by atoms with Crippen LogP contribution < -0.4 is 395 Å². The first-order valence-electron chi connectivity index (χ1n) is 36.4. The molecule has 0 bridgehead atoms. The van der Waals surface area contributed by atoms with Gasteiger partial charge in [0.2, 0.25) is 147 Å². The van der Waals surface area contributed by atoms with Crippen LogP contribution >= 0.6 is 0 Å². The number of rotatable bonds is 59. The molecule has 6 heterocycles. The molecule has 98 heteroatoms. The molecule has 3 aromatic rings. The number of hydrogen-bond donors (Lipinski definition) is 2.